The lowest BCUT2D eigenvalue weighted by Crippen LogP contribution is -2.40. The molecule has 0 heterocycles. The van der Waals surface area contributed by atoms with Gasteiger partial charge in [0.1, 0.15) is 4.75 Å². The zero-order valence-corrected chi connectivity index (χ0v) is 13.0. The monoisotopic (exact) mass is 320 g/mol. The Labute approximate surface area is 125 Å². The molecule has 0 radical (unpaired) electrons. The van der Waals surface area contributed by atoms with E-state index in [4.69, 9.17) is 0 Å². The maximum atomic E-state index is 12.8. The van der Waals surface area contributed by atoms with Crippen molar-refractivity contribution < 1.29 is 18.3 Å². The molecule has 21 heavy (non-hydrogen) atoms. The summed E-state index contributed by atoms with van der Waals surface area (Å²) in [5.41, 5.74) is -0.524. The van der Waals surface area contributed by atoms with E-state index in [-0.39, 0.29) is 0 Å². The molecule has 118 valence electrons. The van der Waals surface area contributed by atoms with Gasteiger partial charge in [-0.15, -0.1) is 4.72 Å². The number of nitrogens with zero attached hydrogens (tertiary/aromatic N) is 1. The Bertz CT molecular complexity index is 521. The van der Waals surface area contributed by atoms with E-state index in [1.807, 2.05) is 0 Å². The maximum Gasteiger partial charge on any atom is 0.270 e. The Hall–Kier alpha value is -1.25. The molecule has 0 saturated heterocycles. The number of non-ortho nitro benzene ring substituents is 1. The fourth-order valence-electron chi connectivity index (χ4n) is 1.55. The van der Waals surface area contributed by atoms with Gasteiger partial charge in [0.05, 0.1) is 11.0 Å². The van der Waals surface area contributed by atoms with Gasteiger partial charge in [-0.3, -0.25) is 10.1 Å². The van der Waals surface area contributed by atoms with Crippen molar-refractivity contribution in [1.82, 2.24) is 4.72 Å². The van der Waals surface area contributed by atoms with Gasteiger partial charge in [-0.05, 0) is 39.3 Å². The van der Waals surface area contributed by atoms with Crippen LogP contribution in [-0.4, -0.2) is 14.2 Å². The van der Waals surface area contributed by atoms with E-state index in [9.17, 15) is 23.4 Å². The zero-order valence-electron chi connectivity index (χ0n) is 12.2. The molecule has 1 rings (SSSR count). The van der Waals surface area contributed by atoms with E-state index in [0.29, 0.717) is 5.56 Å². The van der Waals surface area contributed by atoms with E-state index in [1.54, 1.807) is 27.7 Å². The molecule has 0 unspecified atom stereocenters. The fourth-order valence-corrected chi connectivity index (χ4v) is 2.36. The molecular formula is C13H18F2N2O3S. The number of benzene rings is 1. The first kappa shape index (κ1) is 17.8. The summed E-state index contributed by atoms with van der Waals surface area (Å²) in [6, 6.07) is 2.70. The molecule has 1 aromatic rings. The summed E-state index contributed by atoms with van der Waals surface area (Å²) in [4.78, 5) is 10.1. The highest BCUT2D eigenvalue weighted by atomic mass is 32.2. The van der Waals surface area contributed by atoms with Crippen molar-refractivity contribution >= 4 is 17.0 Å². The van der Waals surface area contributed by atoms with Crippen molar-refractivity contribution in [2.24, 2.45) is 0 Å². The first-order valence-corrected chi connectivity index (χ1v) is 7.43. The van der Waals surface area contributed by atoms with Crippen LogP contribution < -0.4 is 4.72 Å². The van der Waals surface area contributed by atoms with Crippen LogP contribution in [0.3, 0.4) is 0 Å². The summed E-state index contributed by atoms with van der Waals surface area (Å²) in [5.74, 6) is 0. The molecule has 0 aliphatic rings. The van der Waals surface area contributed by atoms with Crippen LogP contribution in [0.2, 0.25) is 0 Å². The van der Waals surface area contributed by atoms with Crippen LogP contribution in [0, 0.1) is 10.1 Å². The minimum Gasteiger partial charge on any atom is -0.598 e. The Morgan fingerprint density at radius 2 is 1.76 bits per heavy atom. The molecule has 0 spiro atoms. The molecule has 0 fully saturated rings. The van der Waals surface area contributed by atoms with Crippen LogP contribution in [0.1, 0.15) is 51.3 Å². The molecule has 8 heteroatoms. The van der Waals surface area contributed by atoms with Crippen molar-refractivity contribution in [3.8, 4) is 0 Å². The van der Waals surface area contributed by atoms with Gasteiger partial charge in [0.15, 0.2) is 0 Å². The summed E-state index contributed by atoms with van der Waals surface area (Å²) in [5, 5.41) is 10.8. The van der Waals surface area contributed by atoms with Crippen LogP contribution in [0.4, 0.5) is 14.5 Å². The summed E-state index contributed by atoms with van der Waals surface area (Å²) < 4.78 is 39.9. The third-order valence-electron chi connectivity index (χ3n) is 2.77. The number of alkyl halides is 2. The van der Waals surface area contributed by atoms with Crippen molar-refractivity contribution in [3.63, 3.8) is 0 Å². The number of nitro groups is 1. The quantitative estimate of drug-likeness (QED) is 0.510. The average molecular weight is 320 g/mol. The minimum absolute atomic E-state index is 0.303. The number of halogens is 2. The molecule has 0 saturated carbocycles. The standard InChI is InChI=1S/C13H18F2N2O3S/c1-8(16-21(20)13(2,3)4)9-5-10(12(14)15)7-11(6-9)17(18)19/h5-8,12,16H,1-4H3/t8-,21+/m0/s1. The first-order chi connectivity index (χ1) is 9.52. The Balaban J connectivity index is 3.08. The normalized spacial score (nSPS) is 15.0. The maximum absolute atomic E-state index is 12.8. The molecule has 2 atom stereocenters. The number of rotatable bonds is 5. The summed E-state index contributed by atoms with van der Waals surface area (Å²) in [6.45, 7) is 6.92. The number of nitrogens with one attached hydrogen (secondary N) is 1. The highest BCUT2D eigenvalue weighted by molar-refractivity contribution is 7.90. The second-order valence-electron chi connectivity index (χ2n) is 5.64. The molecule has 0 bridgehead atoms. The lowest BCUT2D eigenvalue weighted by Gasteiger charge is -2.26. The van der Waals surface area contributed by atoms with Gasteiger partial charge in [-0.1, -0.05) is 0 Å². The van der Waals surface area contributed by atoms with Gasteiger partial charge in [0, 0.05) is 29.1 Å². The van der Waals surface area contributed by atoms with Crippen LogP contribution in [0.25, 0.3) is 0 Å². The zero-order chi connectivity index (χ0) is 16.4. The smallest absolute Gasteiger partial charge is 0.270 e. The van der Waals surface area contributed by atoms with E-state index in [2.05, 4.69) is 4.72 Å². The van der Waals surface area contributed by atoms with Gasteiger partial charge < -0.3 is 4.55 Å². The van der Waals surface area contributed by atoms with Crippen LogP contribution in [0.5, 0.6) is 0 Å². The third-order valence-corrected chi connectivity index (χ3v) is 4.45. The predicted octanol–water partition coefficient (Wildman–Crippen LogP) is 3.65. The number of nitro benzene ring substituents is 1. The summed E-state index contributed by atoms with van der Waals surface area (Å²) in [6.07, 6.45) is -2.80. The van der Waals surface area contributed by atoms with E-state index >= 15 is 0 Å². The van der Waals surface area contributed by atoms with Crippen LogP contribution >= 0.6 is 0 Å². The second-order valence-corrected chi connectivity index (χ2v) is 7.63. The van der Waals surface area contributed by atoms with E-state index < -0.39 is 44.8 Å². The SMILES string of the molecule is C[C@H](N[S@+]([O-])C(C)(C)C)c1cc(C(F)F)cc([N+](=O)[O-])c1. The molecule has 0 aromatic heterocycles. The average Bonchev–Trinajstić information content (AvgIpc) is 2.36. The van der Waals surface area contributed by atoms with E-state index in [0.717, 1.165) is 6.07 Å². The molecular weight excluding hydrogens is 302 g/mol. The van der Waals surface area contributed by atoms with Gasteiger partial charge >= 0.3 is 0 Å². The molecule has 1 N–H and O–H groups in total. The summed E-state index contributed by atoms with van der Waals surface area (Å²) >= 11 is -1.41. The molecule has 5 nitrogen and oxygen atoms in total. The Morgan fingerprint density at radius 1 is 1.24 bits per heavy atom. The van der Waals surface area contributed by atoms with E-state index in [1.165, 1.54) is 12.1 Å². The van der Waals surface area contributed by atoms with Crippen LogP contribution in [-0.2, 0) is 11.4 Å². The fraction of sp³-hybridized carbons (Fsp3) is 0.538. The largest absolute Gasteiger partial charge is 0.598 e. The predicted molar refractivity (Wildman–Crippen MR) is 77.5 cm³/mol. The van der Waals surface area contributed by atoms with Crippen molar-refractivity contribution in [1.29, 1.82) is 0 Å². The van der Waals surface area contributed by atoms with Gasteiger partial charge in [0.25, 0.3) is 12.1 Å². The summed E-state index contributed by atoms with van der Waals surface area (Å²) in [7, 11) is 0. The van der Waals surface area contributed by atoms with Crippen molar-refractivity contribution in [3.05, 3.63) is 39.4 Å². The third kappa shape index (κ3) is 4.90. The Kier molecular flexibility index (Phi) is 5.66. The molecule has 0 aliphatic heterocycles. The number of hydrogen-bond acceptors (Lipinski definition) is 4. The van der Waals surface area contributed by atoms with Crippen LogP contribution in [0.15, 0.2) is 18.2 Å². The van der Waals surface area contributed by atoms with Crippen molar-refractivity contribution in [2.75, 3.05) is 0 Å². The Morgan fingerprint density at radius 3 is 2.19 bits per heavy atom. The highest BCUT2D eigenvalue weighted by Gasteiger charge is 2.29. The highest BCUT2D eigenvalue weighted by Crippen LogP contribution is 2.29. The van der Waals surface area contributed by atoms with Gasteiger partial charge in [-0.2, -0.15) is 0 Å². The first-order valence-electron chi connectivity index (χ1n) is 6.28. The van der Waals surface area contributed by atoms with Gasteiger partial charge in [-0.25, -0.2) is 8.78 Å². The molecule has 1 aromatic carbocycles. The minimum atomic E-state index is -2.80. The lowest BCUT2D eigenvalue weighted by atomic mass is 10.0. The lowest BCUT2D eigenvalue weighted by molar-refractivity contribution is -0.385. The second kappa shape index (κ2) is 6.67. The molecule has 0 aliphatic carbocycles. The molecule has 0 amide bonds. The number of hydrogen-bond donors (Lipinski definition) is 1. The topological polar surface area (TPSA) is 78.2 Å². The van der Waals surface area contributed by atoms with Crippen molar-refractivity contribution in [2.45, 2.75) is 44.9 Å². The van der Waals surface area contributed by atoms with Gasteiger partial charge in [0.2, 0.25) is 0 Å².